The Morgan fingerprint density at radius 1 is 0.862 bits per heavy atom. The number of sulfonamides is 1. The van der Waals surface area contributed by atoms with Crippen molar-refractivity contribution in [2.45, 2.75) is 11.5 Å². The van der Waals surface area contributed by atoms with Gasteiger partial charge >= 0.3 is 5.97 Å². The molecule has 0 aliphatic carbocycles. The summed E-state index contributed by atoms with van der Waals surface area (Å²) < 4.78 is 33.4. The van der Waals surface area contributed by atoms with E-state index in [0.29, 0.717) is 0 Å². The van der Waals surface area contributed by atoms with Crippen LogP contribution in [0.4, 0.5) is 5.69 Å². The summed E-state index contributed by atoms with van der Waals surface area (Å²) in [6.45, 7) is -0.0573. The van der Waals surface area contributed by atoms with E-state index in [9.17, 15) is 18.0 Å². The summed E-state index contributed by atoms with van der Waals surface area (Å²) in [5.74, 6) is -2.00. The van der Waals surface area contributed by atoms with E-state index in [1.807, 2.05) is 6.07 Å². The Kier molecular flexibility index (Phi) is 6.46. The number of anilines is 1. The molecule has 0 bridgehead atoms. The number of para-hydroxylation sites is 1. The number of carbonyl (C=O) groups excluding carboxylic acids is 2. The smallest absolute Gasteiger partial charge is 0.380 e. The molecule has 148 valence electrons. The van der Waals surface area contributed by atoms with Crippen LogP contribution < -0.4 is 4.72 Å². The summed E-state index contributed by atoms with van der Waals surface area (Å²) in [6, 6.07) is 20.8. The van der Waals surface area contributed by atoms with E-state index in [1.165, 1.54) is 30.3 Å². The Bertz CT molecular complexity index is 1130. The monoisotopic (exact) mass is 473 g/mol. The van der Waals surface area contributed by atoms with Crippen molar-refractivity contribution in [3.63, 3.8) is 0 Å². The molecular weight excluding hydrogens is 458 g/mol. The second kappa shape index (κ2) is 9.02. The van der Waals surface area contributed by atoms with Crippen molar-refractivity contribution in [3.05, 3.63) is 94.5 Å². The van der Waals surface area contributed by atoms with Gasteiger partial charge in [0.05, 0.1) is 16.1 Å². The fraction of sp³-hybridized carbons (Fsp3) is 0.0476. The van der Waals surface area contributed by atoms with E-state index in [-0.39, 0.29) is 22.8 Å². The highest BCUT2D eigenvalue weighted by Crippen LogP contribution is 2.22. The number of nitrogens with one attached hydrogen (secondary N) is 1. The van der Waals surface area contributed by atoms with Crippen molar-refractivity contribution in [1.82, 2.24) is 0 Å². The topological polar surface area (TPSA) is 89.5 Å². The van der Waals surface area contributed by atoms with Gasteiger partial charge in [0.15, 0.2) is 0 Å². The standard InChI is InChI=1S/C21H16BrNO5S/c22-16-10-12-17(13-11-16)29(26,27)23-19-9-5-4-8-18(19)20(24)21(25)28-14-15-6-2-1-3-7-15/h1-13,23H,14H2. The number of ether oxygens (including phenoxy) is 1. The first-order valence-electron chi connectivity index (χ1n) is 8.49. The zero-order valence-electron chi connectivity index (χ0n) is 15.0. The van der Waals surface area contributed by atoms with Gasteiger partial charge in [-0.05, 0) is 42.0 Å². The van der Waals surface area contributed by atoms with Crippen LogP contribution in [0.1, 0.15) is 15.9 Å². The molecule has 3 aromatic carbocycles. The normalized spacial score (nSPS) is 10.9. The summed E-state index contributed by atoms with van der Waals surface area (Å²) in [5.41, 5.74) is 0.640. The largest absolute Gasteiger partial charge is 0.455 e. The maximum absolute atomic E-state index is 12.6. The molecule has 6 nitrogen and oxygen atoms in total. The molecule has 0 radical (unpaired) electrons. The molecule has 0 spiro atoms. The van der Waals surface area contributed by atoms with Gasteiger partial charge in [0, 0.05) is 4.47 Å². The van der Waals surface area contributed by atoms with E-state index in [1.54, 1.807) is 42.5 Å². The molecule has 0 aromatic heterocycles. The Hall–Kier alpha value is -2.97. The molecule has 0 aliphatic rings. The van der Waals surface area contributed by atoms with Gasteiger partial charge in [0.2, 0.25) is 0 Å². The molecule has 0 amide bonds. The zero-order valence-corrected chi connectivity index (χ0v) is 17.4. The van der Waals surface area contributed by atoms with Gasteiger partial charge < -0.3 is 4.74 Å². The number of ketones is 1. The minimum absolute atomic E-state index is 0.00270. The highest BCUT2D eigenvalue weighted by molar-refractivity contribution is 9.10. The molecule has 0 aliphatic heterocycles. The molecule has 0 saturated carbocycles. The molecule has 0 heterocycles. The van der Waals surface area contributed by atoms with Crippen molar-refractivity contribution < 1.29 is 22.7 Å². The van der Waals surface area contributed by atoms with E-state index < -0.39 is 21.8 Å². The number of benzene rings is 3. The molecule has 1 N–H and O–H groups in total. The lowest BCUT2D eigenvalue weighted by Crippen LogP contribution is -2.21. The van der Waals surface area contributed by atoms with Gasteiger partial charge in [-0.2, -0.15) is 0 Å². The summed E-state index contributed by atoms with van der Waals surface area (Å²) in [7, 11) is -3.94. The van der Waals surface area contributed by atoms with Crippen LogP contribution in [0.15, 0.2) is 88.2 Å². The first-order chi connectivity index (χ1) is 13.9. The first kappa shape index (κ1) is 20.8. The van der Waals surface area contributed by atoms with Crippen LogP contribution in [-0.4, -0.2) is 20.2 Å². The summed E-state index contributed by atoms with van der Waals surface area (Å²) in [5, 5.41) is 0. The second-order valence-corrected chi connectivity index (χ2v) is 8.59. The number of esters is 1. The molecule has 3 aromatic rings. The quantitative estimate of drug-likeness (QED) is 0.315. The predicted molar refractivity (Wildman–Crippen MR) is 112 cm³/mol. The molecule has 3 rings (SSSR count). The highest BCUT2D eigenvalue weighted by atomic mass is 79.9. The molecule has 29 heavy (non-hydrogen) atoms. The minimum atomic E-state index is -3.94. The molecule has 0 unspecified atom stereocenters. The molecular formula is C21H16BrNO5S. The van der Waals surface area contributed by atoms with E-state index in [4.69, 9.17) is 4.74 Å². The van der Waals surface area contributed by atoms with Crippen LogP contribution in [0.2, 0.25) is 0 Å². The number of Topliss-reactive ketones (excluding diaryl/α,β-unsaturated/α-hetero) is 1. The fourth-order valence-electron chi connectivity index (χ4n) is 2.49. The highest BCUT2D eigenvalue weighted by Gasteiger charge is 2.24. The molecule has 8 heteroatoms. The van der Waals surface area contributed by atoms with Gasteiger partial charge in [-0.15, -0.1) is 0 Å². The Morgan fingerprint density at radius 3 is 2.17 bits per heavy atom. The van der Waals surface area contributed by atoms with Crippen molar-refractivity contribution in [1.29, 1.82) is 0 Å². The number of halogens is 1. The van der Waals surface area contributed by atoms with Crippen LogP contribution in [-0.2, 0) is 26.2 Å². The lowest BCUT2D eigenvalue weighted by molar-refractivity contribution is -0.139. The van der Waals surface area contributed by atoms with Crippen LogP contribution in [0.25, 0.3) is 0 Å². The lowest BCUT2D eigenvalue weighted by Gasteiger charge is -2.12. The Labute approximate surface area is 176 Å². The average molecular weight is 474 g/mol. The summed E-state index contributed by atoms with van der Waals surface area (Å²) in [6.07, 6.45) is 0. The van der Waals surface area contributed by atoms with Gasteiger partial charge in [-0.1, -0.05) is 58.4 Å². The minimum Gasteiger partial charge on any atom is -0.455 e. The maximum atomic E-state index is 12.6. The van der Waals surface area contributed by atoms with E-state index >= 15 is 0 Å². The van der Waals surface area contributed by atoms with Gasteiger partial charge in [0.25, 0.3) is 15.8 Å². The van der Waals surface area contributed by atoms with Crippen LogP contribution in [0, 0.1) is 0 Å². The third-order valence-corrected chi connectivity index (χ3v) is 5.85. The Morgan fingerprint density at radius 2 is 1.48 bits per heavy atom. The number of hydrogen-bond acceptors (Lipinski definition) is 5. The van der Waals surface area contributed by atoms with E-state index in [2.05, 4.69) is 20.7 Å². The van der Waals surface area contributed by atoms with Crippen molar-refractivity contribution in [2.24, 2.45) is 0 Å². The van der Waals surface area contributed by atoms with Gasteiger partial charge in [-0.3, -0.25) is 9.52 Å². The van der Waals surface area contributed by atoms with Gasteiger partial charge in [-0.25, -0.2) is 13.2 Å². The lowest BCUT2D eigenvalue weighted by atomic mass is 10.1. The summed E-state index contributed by atoms with van der Waals surface area (Å²) in [4.78, 5) is 24.7. The second-order valence-electron chi connectivity index (χ2n) is 6.00. The Balaban J connectivity index is 1.78. The number of carbonyl (C=O) groups is 2. The van der Waals surface area contributed by atoms with Crippen molar-refractivity contribution >= 4 is 43.4 Å². The summed E-state index contributed by atoms with van der Waals surface area (Å²) >= 11 is 3.25. The SMILES string of the molecule is O=C(OCc1ccccc1)C(=O)c1ccccc1NS(=O)(=O)c1ccc(Br)cc1. The number of rotatable bonds is 7. The third kappa shape index (κ3) is 5.30. The van der Waals surface area contributed by atoms with Crippen molar-refractivity contribution in [2.75, 3.05) is 4.72 Å². The molecule has 0 fully saturated rings. The number of hydrogen-bond donors (Lipinski definition) is 1. The van der Waals surface area contributed by atoms with Crippen LogP contribution in [0.5, 0.6) is 0 Å². The van der Waals surface area contributed by atoms with Crippen LogP contribution in [0.3, 0.4) is 0 Å². The average Bonchev–Trinajstić information content (AvgIpc) is 2.72. The first-order valence-corrected chi connectivity index (χ1v) is 10.8. The third-order valence-electron chi connectivity index (χ3n) is 3.94. The van der Waals surface area contributed by atoms with Crippen LogP contribution >= 0.6 is 15.9 Å². The van der Waals surface area contributed by atoms with Crippen molar-refractivity contribution in [3.8, 4) is 0 Å². The maximum Gasteiger partial charge on any atom is 0.380 e. The van der Waals surface area contributed by atoms with E-state index in [0.717, 1.165) is 10.0 Å². The zero-order chi connectivity index (χ0) is 20.9. The molecule has 0 saturated heterocycles. The molecule has 0 atom stereocenters. The van der Waals surface area contributed by atoms with Gasteiger partial charge in [0.1, 0.15) is 6.61 Å². The fourth-order valence-corrected chi connectivity index (χ4v) is 3.83. The predicted octanol–water partition coefficient (Wildman–Crippen LogP) is 4.18.